The molecule has 89 heavy (non-hydrogen) atoms. The SMILES string of the molecule is CCC(C)CCCCCCCCCCCCC(=O)O[C@H](COC(=O)CCCCCCCCCC(C)C)COP(=O)(O)OCC(O)COP(=O)(O)OC[C@@H](COC(=O)CCCCCCCCCC(C)C)OC(=O)CCCCCCCCCCCCCCC(C)C. The molecule has 19 heteroatoms. The molecule has 0 aliphatic carbocycles. The molecule has 6 atom stereocenters. The molecular formula is C70H136O17P2. The molecule has 0 aromatic rings. The molecule has 0 spiro atoms. The summed E-state index contributed by atoms with van der Waals surface area (Å²) >= 11 is 0. The van der Waals surface area contributed by atoms with Crippen molar-refractivity contribution in [3.8, 4) is 0 Å². The first-order valence-electron chi connectivity index (χ1n) is 36.2. The van der Waals surface area contributed by atoms with E-state index in [0.717, 1.165) is 115 Å². The van der Waals surface area contributed by atoms with Crippen molar-refractivity contribution in [3.63, 3.8) is 0 Å². The number of phosphoric acid groups is 2. The van der Waals surface area contributed by atoms with Crippen molar-refractivity contribution in [2.24, 2.45) is 23.7 Å². The van der Waals surface area contributed by atoms with Crippen LogP contribution < -0.4 is 0 Å². The molecule has 0 aromatic carbocycles. The molecule has 0 heterocycles. The second-order valence-corrected chi connectivity index (χ2v) is 29.8. The molecule has 0 aromatic heterocycles. The van der Waals surface area contributed by atoms with Crippen LogP contribution in [0.3, 0.4) is 0 Å². The van der Waals surface area contributed by atoms with Gasteiger partial charge < -0.3 is 33.8 Å². The van der Waals surface area contributed by atoms with Crippen molar-refractivity contribution in [2.75, 3.05) is 39.6 Å². The summed E-state index contributed by atoms with van der Waals surface area (Å²) in [5.41, 5.74) is 0. The van der Waals surface area contributed by atoms with Gasteiger partial charge in [-0.3, -0.25) is 37.3 Å². The van der Waals surface area contributed by atoms with Crippen LogP contribution in [0.1, 0.15) is 344 Å². The molecule has 0 fully saturated rings. The highest BCUT2D eigenvalue weighted by Crippen LogP contribution is 2.45. The molecule has 0 amide bonds. The van der Waals surface area contributed by atoms with Crippen LogP contribution in [0.25, 0.3) is 0 Å². The van der Waals surface area contributed by atoms with E-state index in [1.807, 2.05) is 0 Å². The van der Waals surface area contributed by atoms with E-state index >= 15 is 0 Å². The van der Waals surface area contributed by atoms with Crippen molar-refractivity contribution in [3.05, 3.63) is 0 Å². The highest BCUT2D eigenvalue weighted by molar-refractivity contribution is 7.47. The van der Waals surface area contributed by atoms with Gasteiger partial charge in [0.15, 0.2) is 12.2 Å². The number of aliphatic hydroxyl groups excluding tert-OH is 1. The Labute approximate surface area is 543 Å². The maximum Gasteiger partial charge on any atom is 0.472 e. The van der Waals surface area contributed by atoms with E-state index in [2.05, 4.69) is 55.4 Å². The van der Waals surface area contributed by atoms with Gasteiger partial charge in [0.2, 0.25) is 0 Å². The number of unbranched alkanes of at least 4 members (excludes halogenated alkanes) is 32. The van der Waals surface area contributed by atoms with Crippen LogP contribution in [0.15, 0.2) is 0 Å². The summed E-state index contributed by atoms with van der Waals surface area (Å²) in [5, 5.41) is 10.6. The van der Waals surface area contributed by atoms with E-state index in [1.165, 1.54) is 135 Å². The Bertz CT molecular complexity index is 1770. The van der Waals surface area contributed by atoms with Gasteiger partial charge in [-0.2, -0.15) is 0 Å². The second kappa shape index (κ2) is 59.8. The van der Waals surface area contributed by atoms with Crippen molar-refractivity contribution in [1.82, 2.24) is 0 Å². The van der Waals surface area contributed by atoms with Crippen LogP contribution in [0.4, 0.5) is 0 Å². The van der Waals surface area contributed by atoms with Crippen LogP contribution in [-0.2, 0) is 65.4 Å². The second-order valence-electron chi connectivity index (χ2n) is 26.9. The van der Waals surface area contributed by atoms with E-state index in [4.69, 9.17) is 37.0 Å². The van der Waals surface area contributed by atoms with Gasteiger partial charge in [0.25, 0.3) is 0 Å². The molecule has 17 nitrogen and oxygen atoms in total. The van der Waals surface area contributed by atoms with E-state index in [-0.39, 0.29) is 25.7 Å². The fourth-order valence-electron chi connectivity index (χ4n) is 10.5. The van der Waals surface area contributed by atoms with Crippen molar-refractivity contribution in [2.45, 2.75) is 363 Å². The normalized spacial score (nSPS) is 14.6. The van der Waals surface area contributed by atoms with Crippen molar-refractivity contribution >= 4 is 39.5 Å². The zero-order chi connectivity index (χ0) is 66.1. The predicted molar refractivity (Wildman–Crippen MR) is 358 cm³/mol. The summed E-state index contributed by atoms with van der Waals surface area (Å²) in [7, 11) is -9.90. The third-order valence-electron chi connectivity index (χ3n) is 16.4. The fraction of sp³-hybridized carbons (Fsp3) is 0.943. The Hall–Kier alpha value is -1.94. The Morgan fingerprint density at radius 3 is 0.798 bits per heavy atom. The van der Waals surface area contributed by atoms with Gasteiger partial charge in [0.05, 0.1) is 26.4 Å². The third-order valence-corrected chi connectivity index (χ3v) is 18.3. The molecule has 4 unspecified atom stereocenters. The number of hydrogen-bond donors (Lipinski definition) is 3. The molecule has 0 saturated heterocycles. The molecule has 0 saturated carbocycles. The lowest BCUT2D eigenvalue weighted by atomic mass is 9.99. The molecule has 0 aliphatic heterocycles. The van der Waals surface area contributed by atoms with E-state index in [9.17, 15) is 43.2 Å². The smallest absolute Gasteiger partial charge is 0.462 e. The van der Waals surface area contributed by atoms with Gasteiger partial charge in [-0.1, -0.05) is 293 Å². The van der Waals surface area contributed by atoms with Gasteiger partial charge in [-0.15, -0.1) is 0 Å². The first-order chi connectivity index (χ1) is 42.6. The Morgan fingerprint density at radius 1 is 0.315 bits per heavy atom. The molecule has 0 bridgehead atoms. The van der Waals surface area contributed by atoms with Crippen LogP contribution in [0.5, 0.6) is 0 Å². The number of ether oxygens (including phenoxy) is 4. The van der Waals surface area contributed by atoms with Gasteiger partial charge in [-0.25, -0.2) is 9.13 Å². The maximum atomic E-state index is 13.0. The molecule has 0 radical (unpaired) electrons. The molecule has 0 aliphatic rings. The first-order valence-corrected chi connectivity index (χ1v) is 39.2. The summed E-state index contributed by atoms with van der Waals surface area (Å²) in [6.07, 6.45) is 41.7. The highest BCUT2D eigenvalue weighted by Gasteiger charge is 2.30. The van der Waals surface area contributed by atoms with Crippen LogP contribution in [0.2, 0.25) is 0 Å². The molecule has 3 N–H and O–H groups in total. The lowest BCUT2D eigenvalue weighted by molar-refractivity contribution is -0.161. The summed E-state index contributed by atoms with van der Waals surface area (Å²) < 4.78 is 68.3. The van der Waals surface area contributed by atoms with Gasteiger partial charge in [-0.05, 0) is 49.4 Å². The third kappa shape index (κ3) is 63.2. The first kappa shape index (κ1) is 87.1. The van der Waals surface area contributed by atoms with E-state index in [1.54, 1.807) is 0 Å². The molecular weight excluding hydrogens is 1170 g/mol. The number of rotatable bonds is 67. The van der Waals surface area contributed by atoms with Crippen LogP contribution in [0, 0.1) is 23.7 Å². The number of phosphoric ester groups is 2. The standard InChI is InChI=1S/C70H136O17P2/c1-9-63(8)49-41-33-25-17-14-15-19-27-37-45-53-70(75)87-66(57-81-68(73)51-43-35-29-21-24-32-40-48-62(6)7)59-85-89(78,79)83-55-64(71)54-82-88(76,77)84-58-65(56-80-67(72)50-42-34-28-20-23-31-39-47-61(4)5)86-69(74)52-44-36-26-18-13-11-10-12-16-22-30-38-46-60(2)3/h60-66,71H,9-59H2,1-8H3,(H,76,77)(H,78,79)/t63?,64?,65-,66-/m1/s1. The number of hydrogen-bond acceptors (Lipinski definition) is 15. The summed E-state index contributed by atoms with van der Waals surface area (Å²) in [5.74, 6) is 0.859. The average molecular weight is 1310 g/mol. The Morgan fingerprint density at radius 2 is 0.539 bits per heavy atom. The highest BCUT2D eigenvalue weighted by atomic mass is 31.2. The van der Waals surface area contributed by atoms with Crippen molar-refractivity contribution in [1.29, 1.82) is 0 Å². The minimum Gasteiger partial charge on any atom is -0.462 e. The van der Waals surface area contributed by atoms with Crippen LogP contribution in [-0.4, -0.2) is 96.7 Å². The van der Waals surface area contributed by atoms with Crippen LogP contribution >= 0.6 is 15.6 Å². The summed E-state index contributed by atoms with van der Waals surface area (Å²) in [4.78, 5) is 72.5. The zero-order valence-electron chi connectivity index (χ0n) is 58.1. The maximum absolute atomic E-state index is 13.0. The Balaban J connectivity index is 5.25. The molecule has 0 rings (SSSR count). The van der Waals surface area contributed by atoms with Gasteiger partial charge in [0, 0.05) is 25.7 Å². The number of esters is 4. The Kier molecular flexibility index (Phi) is 58.5. The van der Waals surface area contributed by atoms with Crippen molar-refractivity contribution < 1.29 is 80.2 Å². The topological polar surface area (TPSA) is 237 Å². The van der Waals surface area contributed by atoms with Gasteiger partial charge >= 0.3 is 39.5 Å². The summed E-state index contributed by atoms with van der Waals surface area (Å²) in [6, 6.07) is 0. The lowest BCUT2D eigenvalue weighted by Gasteiger charge is -2.21. The predicted octanol–water partition coefficient (Wildman–Crippen LogP) is 19.7. The zero-order valence-corrected chi connectivity index (χ0v) is 59.8. The number of carbonyl (C=O) groups excluding carboxylic acids is 4. The fourth-order valence-corrected chi connectivity index (χ4v) is 12.0. The quantitative estimate of drug-likeness (QED) is 0.0222. The summed E-state index contributed by atoms with van der Waals surface area (Å²) in [6.45, 7) is 14.1. The monoisotopic (exact) mass is 1310 g/mol. The average Bonchev–Trinajstić information content (AvgIpc) is 3.64. The van der Waals surface area contributed by atoms with E-state index < -0.39 is 97.5 Å². The van der Waals surface area contributed by atoms with E-state index in [0.29, 0.717) is 37.5 Å². The number of aliphatic hydroxyl groups is 1. The molecule has 528 valence electrons. The minimum absolute atomic E-state index is 0.105. The number of carbonyl (C=O) groups is 4. The lowest BCUT2D eigenvalue weighted by Crippen LogP contribution is -2.30. The largest absolute Gasteiger partial charge is 0.472 e. The minimum atomic E-state index is -4.95. The van der Waals surface area contributed by atoms with Gasteiger partial charge in [0.1, 0.15) is 19.3 Å².